The Morgan fingerprint density at radius 1 is 1.24 bits per heavy atom. The highest BCUT2D eigenvalue weighted by molar-refractivity contribution is 14.1. The molecule has 1 saturated carbocycles. The maximum atomic E-state index is 6.04. The third-order valence-corrected chi connectivity index (χ3v) is 4.43. The van der Waals surface area contributed by atoms with Gasteiger partial charge in [0.05, 0.1) is 12.7 Å². The molecule has 0 bridgehead atoms. The number of hydrogen-bond acceptors (Lipinski definition) is 1. The van der Waals surface area contributed by atoms with Crippen molar-refractivity contribution in [2.45, 2.75) is 51.7 Å². The number of rotatable bonds is 4. The van der Waals surface area contributed by atoms with E-state index in [9.17, 15) is 0 Å². The predicted octanol–water partition coefficient (Wildman–Crippen LogP) is 4.78. The zero-order chi connectivity index (χ0) is 12.1. The maximum Gasteiger partial charge on any atom is 0.0720 e. The summed E-state index contributed by atoms with van der Waals surface area (Å²) < 4.78 is 7.33. The molecule has 0 aliphatic heterocycles. The Morgan fingerprint density at radius 3 is 2.71 bits per heavy atom. The van der Waals surface area contributed by atoms with Gasteiger partial charge in [0.25, 0.3) is 0 Å². The fraction of sp³-hybridized carbons (Fsp3) is 0.600. The van der Waals surface area contributed by atoms with Crippen LogP contribution in [0.2, 0.25) is 0 Å². The molecule has 17 heavy (non-hydrogen) atoms. The Kier molecular flexibility index (Phi) is 5.29. The Hall–Kier alpha value is -0.0900. The minimum Gasteiger partial charge on any atom is -0.374 e. The first-order valence-electron chi connectivity index (χ1n) is 6.64. The van der Waals surface area contributed by atoms with Crippen LogP contribution in [0.5, 0.6) is 0 Å². The lowest BCUT2D eigenvalue weighted by Gasteiger charge is -2.28. The molecule has 0 amide bonds. The first-order valence-corrected chi connectivity index (χ1v) is 7.72. The maximum absolute atomic E-state index is 6.04. The summed E-state index contributed by atoms with van der Waals surface area (Å²) in [7, 11) is 0. The summed E-state index contributed by atoms with van der Waals surface area (Å²) in [5.41, 5.74) is 1.30. The average molecular weight is 344 g/mol. The molecule has 2 unspecified atom stereocenters. The van der Waals surface area contributed by atoms with Gasteiger partial charge in [-0.15, -0.1) is 0 Å². The molecule has 1 aromatic rings. The second-order valence-electron chi connectivity index (χ2n) is 5.00. The monoisotopic (exact) mass is 344 g/mol. The van der Waals surface area contributed by atoms with Crippen molar-refractivity contribution in [3.05, 3.63) is 33.4 Å². The van der Waals surface area contributed by atoms with Crippen LogP contribution in [0.25, 0.3) is 0 Å². The van der Waals surface area contributed by atoms with Crippen LogP contribution in [0.4, 0.5) is 0 Å². The zero-order valence-electron chi connectivity index (χ0n) is 10.5. The van der Waals surface area contributed by atoms with Gasteiger partial charge in [-0.1, -0.05) is 38.3 Å². The van der Waals surface area contributed by atoms with E-state index >= 15 is 0 Å². The van der Waals surface area contributed by atoms with Crippen molar-refractivity contribution in [3.8, 4) is 0 Å². The number of hydrogen-bond donors (Lipinski definition) is 0. The first kappa shape index (κ1) is 13.3. The standard InChI is InChI=1S/C15H21IO/c1-2-12-4-3-5-15(10-12)17-11-13-6-8-14(16)9-7-13/h6-9,12,15H,2-5,10-11H2,1H3. The molecule has 2 heteroatoms. The van der Waals surface area contributed by atoms with Crippen molar-refractivity contribution in [1.29, 1.82) is 0 Å². The Balaban J connectivity index is 1.79. The molecular weight excluding hydrogens is 323 g/mol. The predicted molar refractivity (Wildman–Crippen MR) is 80.0 cm³/mol. The Labute approximate surface area is 118 Å². The molecule has 94 valence electrons. The van der Waals surface area contributed by atoms with E-state index in [0.717, 1.165) is 12.5 Å². The molecule has 1 aromatic carbocycles. The van der Waals surface area contributed by atoms with Gasteiger partial charge in [0.1, 0.15) is 0 Å². The summed E-state index contributed by atoms with van der Waals surface area (Å²) in [6, 6.07) is 8.63. The van der Waals surface area contributed by atoms with E-state index in [4.69, 9.17) is 4.74 Å². The van der Waals surface area contributed by atoms with E-state index in [-0.39, 0.29) is 0 Å². The molecule has 2 rings (SSSR count). The molecule has 1 nitrogen and oxygen atoms in total. The molecular formula is C15H21IO. The van der Waals surface area contributed by atoms with E-state index in [1.54, 1.807) is 0 Å². The molecule has 0 radical (unpaired) electrons. The highest BCUT2D eigenvalue weighted by Gasteiger charge is 2.20. The minimum atomic E-state index is 0.493. The fourth-order valence-corrected chi connectivity index (χ4v) is 2.92. The number of ether oxygens (including phenoxy) is 1. The van der Waals surface area contributed by atoms with Crippen LogP contribution in [0, 0.1) is 9.49 Å². The SMILES string of the molecule is CCC1CCCC(OCc2ccc(I)cc2)C1. The van der Waals surface area contributed by atoms with Gasteiger partial charge in [0.2, 0.25) is 0 Å². The van der Waals surface area contributed by atoms with Crippen molar-refractivity contribution in [3.63, 3.8) is 0 Å². The lowest BCUT2D eigenvalue weighted by molar-refractivity contribution is 0.00177. The highest BCUT2D eigenvalue weighted by atomic mass is 127. The largest absolute Gasteiger partial charge is 0.374 e. The van der Waals surface area contributed by atoms with E-state index in [0.29, 0.717) is 6.10 Å². The van der Waals surface area contributed by atoms with Gasteiger partial charge >= 0.3 is 0 Å². The van der Waals surface area contributed by atoms with Crippen LogP contribution in [0.15, 0.2) is 24.3 Å². The third-order valence-electron chi connectivity index (χ3n) is 3.71. The number of benzene rings is 1. The molecule has 1 aliphatic carbocycles. The summed E-state index contributed by atoms with van der Waals surface area (Å²) in [5.74, 6) is 0.894. The fourth-order valence-electron chi connectivity index (χ4n) is 2.56. The van der Waals surface area contributed by atoms with Crippen LogP contribution in [-0.4, -0.2) is 6.10 Å². The van der Waals surface area contributed by atoms with Crippen LogP contribution in [0.3, 0.4) is 0 Å². The summed E-state index contributed by atoms with van der Waals surface area (Å²) in [5, 5.41) is 0. The first-order chi connectivity index (χ1) is 8.28. The molecule has 1 aliphatic rings. The van der Waals surface area contributed by atoms with E-state index < -0.39 is 0 Å². The molecule has 1 fully saturated rings. The minimum absolute atomic E-state index is 0.493. The Morgan fingerprint density at radius 2 is 2.00 bits per heavy atom. The second-order valence-corrected chi connectivity index (χ2v) is 6.25. The van der Waals surface area contributed by atoms with Crippen LogP contribution >= 0.6 is 22.6 Å². The lowest BCUT2D eigenvalue weighted by atomic mass is 9.85. The highest BCUT2D eigenvalue weighted by Crippen LogP contribution is 2.28. The van der Waals surface area contributed by atoms with Gasteiger partial charge in [-0.2, -0.15) is 0 Å². The molecule has 0 heterocycles. The smallest absolute Gasteiger partial charge is 0.0720 e. The lowest BCUT2D eigenvalue weighted by Crippen LogP contribution is -2.22. The van der Waals surface area contributed by atoms with Gasteiger partial charge < -0.3 is 4.74 Å². The molecule has 0 N–H and O–H groups in total. The third kappa shape index (κ3) is 4.25. The summed E-state index contributed by atoms with van der Waals surface area (Å²) >= 11 is 2.33. The van der Waals surface area contributed by atoms with Crippen LogP contribution in [0.1, 0.15) is 44.6 Å². The van der Waals surface area contributed by atoms with Crippen molar-refractivity contribution in [2.75, 3.05) is 0 Å². The number of halogens is 1. The van der Waals surface area contributed by atoms with Gasteiger partial charge in [-0.25, -0.2) is 0 Å². The van der Waals surface area contributed by atoms with Crippen LogP contribution in [-0.2, 0) is 11.3 Å². The Bertz CT molecular complexity index is 333. The van der Waals surface area contributed by atoms with Crippen molar-refractivity contribution < 1.29 is 4.74 Å². The topological polar surface area (TPSA) is 9.23 Å². The quantitative estimate of drug-likeness (QED) is 0.715. The van der Waals surface area contributed by atoms with E-state index in [1.165, 1.54) is 41.2 Å². The van der Waals surface area contributed by atoms with E-state index in [2.05, 4.69) is 53.8 Å². The summed E-state index contributed by atoms with van der Waals surface area (Å²) in [6.45, 7) is 3.07. The summed E-state index contributed by atoms with van der Waals surface area (Å²) in [6.07, 6.45) is 7.06. The molecule has 2 atom stereocenters. The van der Waals surface area contributed by atoms with E-state index in [1.807, 2.05) is 0 Å². The van der Waals surface area contributed by atoms with Gasteiger partial charge in [-0.05, 0) is 59.0 Å². The molecule has 0 aromatic heterocycles. The van der Waals surface area contributed by atoms with Crippen molar-refractivity contribution >= 4 is 22.6 Å². The molecule has 0 saturated heterocycles. The van der Waals surface area contributed by atoms with Crippen LogP contribution < -0.4 is 0 Å². The van der Waals surface area contributed by atoms with Gasteiger partial charge in [0, 0.05) is 3.57 Å². The molecule has 0 spiro atoms. The van der Waals surface area contributed by atoms with Gasteiger partial charge in [0.15, 0.2) is 0 Å². The summed E-state index contributed by atoms with van der Waals surface area (Å²) in [4.78, 5) is 0. The normalized spacial score (nSPS) is 24.8. The average Bonchev–Trinajstić information content (AvgIpc) is 2.38. The van der Waals surface area contributed by atoms with Crippen molar-refractivity contribution in [1.82, 2.24) is 0 Å². The van der Waals surface area contributed by atoms with Crippen molar-refractivity contribution in [2.24, 2.45) is 5.92 Å². The zero-order valence-corrected chi connectivity index (χ0v) is 12.7. The second kappa shape index (κ2) is 6.74. The van der Waals surface area contributed by atoms with Gasteiger partial charge in [-0.3, -0.25) is 0 Å².